The van der Waals surface area contributed by atoms with Gasteiger partial charge >= 0.3 is 35.5 Å². The number of rotatable bonds is 14. The number of esters is 1. The Hall–Kier alpha value is -0.320. The van der Waals surface area contributed by atoms with Crippen molar-refractivity contribution in [2.45, 2.75) is 77.6 Å². The van der Waals surface area contributed by atoms with Crippen molar-refractivity contribution in [2.24, 2.45) is 0 Å². The molecule has 0 spiro atoms. The molecule has 5 heteroatoms. The minimum absolute atomic E-state index is 0. The molecular formula is C17H29NaO4. The first-order valence-corrected chi connectivity index (χ1v) is 8.12. The van der Waals surface area contributed by atoms with Gasteiger partial charge in [-0.05, 0) is 12.0 Å². The number of carbonyl (C=O) groups is 2. The van der Waals surface area contributed by atoms with E-state index in [4.69, 9.17) is 4.74 Å². The number of ether oxygens (including phenoxy) is 1. The maximum absolute atomic E-state index is 11.2. The molecule has 0 bridgehead atoms. The Bertz CT molecular complexity index is 316. The van der Waals surface area contributed by atoms with Crippen LogP contribution in [0.15, 0.2) is 12.2 Å². The van der Waals surface area contributed by atoms with Gasteiger partial charge in [-0.2, -0.15) is 0 Å². The van der Waals surface area contributed by atoms with E-state index >= 15 is 0 Å². The van der Waals surface area contributed by atoms with Crippen molar-refractivity contribution in [1.29, 1.82) is 0 Å². The van der Waals surface area contributed by atoms with Gasteiger partial charge in [0.1, 0.15) is 0 Å². The number of hydrogen-bond acceptors (Lipinski definition) is 4. The van der Waals surface area contributed by atoms with E-state index in [1.807, 2.05) is 0 Å². The van der Waals surface area contributed by atoms with Crippen LogP contribution in [0.1, 0.15) is 77.6 Å². The third kappa shape index (κ3) is 16.1. The van der Waals surface area contributed by atoms with Crippen molar-refractivity contribution in [2.75, 3.05) is 6.61 Å². The van der Waals surface area contributed by atoms with Gasteiger partial charge in [0.2, 0.25) is 0 Å². The number of carboxylic acids is 1. The Balaban J connectivity index is 0. The van der Waals surface area contributed by atoms with Gasteiger partial charge in [-0.25, -0.2) is 0 Å². The Morgan fingerprint density at radius 3 is 1.82 bits per heavy atom. The Morgan fingerprint density at radius 1 is 0.909 bits per heavy atom. The molecule has 0 unspecified atom stereocenters. The van der Waals surface area contributed by atoms with Gasteiger partial charge in [0.15, 0.2) is 0 Å². The predicted octanol–water partition coefficient (Wildman–Crippen LogP) is 0.151. The van der Waals surface area contributed by atoms with Crippen molar-refractivity contribution in [3.05, 3.63) is 12.2 Å². The van der Waals surface area contributed by atoms with Crippen molar-refractivity contribution < 1.29 is 49.0 Å². The molecule has 0 saturated heterocycles. The first kappa shape index (κ1) is 23.9. The van der Waals surface area contributed by atoms with Gasteiger partial charge in [0.25, 0.3) is 0 Å². The van der Waals surface area contributed by atoms with Gasteiger partial charge in [0, 0.05) is 0 Å². The van der Waals surface area contributed by atoms with Gasteiger partial charge < -0.3 is 14.6 Å². The SMILES string of the molecule is C=C(CC(=O)OCCCCCCCCCCCC)C(=O)[O-].[Na+]. The summed E-state index contributed by atoms with van der Waals surface area (Å²) < 4.78 is 4.94. The van der Waals surface area contributed by atoms with Crippen molar-refractivity contribution in [3.63, 3.8) is 0 Å². The average Bonchev–Trinajstić information content (AvgIpc) is 2.44. The Kier molecular flexibility index (Phi) is 18.5. The maximum atomic E-state index is 11.2. The van der Waals surface area contributed by atoms with E-state index in [1.165, 1.54) is 44.9 Å². The quantitative estimate of drug-likeness (QED) is 0.198. The molecule has 0 aromatic heterocycles. The summed E-state index contributed by atoms with van der Waals surface area (Å²) in [4.78, 5) is 21.6. The van der Waals surface area contributed by atoms with Crippen LogP contribution in [-0.4, -0.2) is 18.5 Å². The topological polar surface area (TPSA) is 66.4 Å². The van der Waals surface area contributed by atoms with Crippen LogP contribution < -0.4 is 34.7 Å². The van der Waals surface area contributed by atoms with Crippen molar-refractivity contribution >= 4 is 11.9 Å². The number of carboxylic acid groups (broad SMARTS) is 1. The van der Waals surface area contributed by atoms with Gasteiger partial charge in [-0.15, -0.1) is 0 Å². The molecule has 0 radical (unpaired) electrons. The zero-order chi connectivity index (χ0) is 15.9. The Labute approximate surface area is 157 Å². The number of carbonyl (C=O) groups excluding carboxylic acids is 2. The zero-order valence-electron chi connectivity index (χ0n) is 14.3. The average molecular weight is 320 g/mol. The maximum Gasteiger partial charge on any atom is 1.00 e. The van der Waals surface area contributed by atoms with Gasteiger partial charge in [-0.1, -0.05) is 71.3 Å². The third-order valence-corrected chi connectivity index (χ3v) is 3.41. The molecule has 0 amide bonds. The van der Waals surface area contributed by atoms with Crippen LogP contribution in [0.2, 0.25) is 0 Å². The molecule has 0 aromatic rings. The molecule has 0 saturated carbocycles. The molecule has 22 heavy (non-hydrogen) atoms. The summed E-state index contributed by atoms with van der Waals surface area (Å²) in [5.74, 6) is -1.94. The molecule has 0 aromatic carbocycles. The summed E-state index contributed by atoms with van der Waals surface area (Å²) in [5.41, 5.74) is -0.233. The zero-order valence-corrected chi connectivity index (χ0v) is 16.3. The fourth-order valence-corrected chi connectivity index (χ4v) is 2.07. The molecule has 4 nitrogen and oxygen atoms in total. The van der Waals surface area contributed by atoms with E-state index in [0.29, 0.717) is 6.61 Å². The summed E-state index contributed by atoms with van der Waals surface area (Å²) in [6.07, 6.45) is 11.9. The van der Waals surface area contributed by atoms with E-state index in [1.54, 1.807) is 0 Å². The Morgan fingerprint density at radius 2 is 1.36 bits per heavy atom. The number of unbranched alkanes of at least 4 members (excludes halogenated alkanes) is 9. The second-order valence-corrected chi connectivity index (χ2v) is 5.47. The van der Waals surface area contributed by atoms with Crippen LogP contribution in [0, 0.1) is 0 Å². The van der Waals surface area contributed by atoms with Crippen LogP contribution >= 0.6 is 0 Å². The fraction of sp³-hybridized carbons (Fsp3) is 0.765. The molecule has 0 heterocycles. The summed E-state index contributed by atoms with van der Waals surface area (Å²) in [6, 6.07) is 0. The van der Waals surface area contributed by atoms with Crippen molar-refractivity contribution in [3.8, 4) is 0 Å². The van der Waals surface area contributed by atoms with E-state index in [0.717, 1.165) is 19.3 Å². The molecule has 0 atom stereocenters. The normalized spacial score (nSPS) is 9.86. The first-order valence-electron chi connectivity index (χ1n) is 8.12. The third-order valence-electron chi connectivity index (χ3n) is 3.41. The van der Waals surface area contributed by atoms with Gasteiger partial charge in [-0.3, -0.25) is 4.79 Å². The predicted molar refractivity (Wildman–Crippen MR) is 81.6 cm³/mol. The van der Waals surface area contributed by atoms with Crippen LogP contribution in [-0.2, 0) is 14.3 Å². The minimum atomic E-state index is -1.40. The van der Waals surface area contributed by atoms with Crippen LogP contribution in [0.5, 0.6) is 0 Å². The molecule has 0 aliphatic rings. The molecule has 0 aliphatic carbocycles. The second kappa shape index (κ2) is 17.0. The summed E-state index contributed by atoms with van der Waals surface area (Å²) >= 11 is 0. The van der Waals surface area contributed by atoms with Crippen molar-refractivity contribution in [1.82, 2.24) is 0 Å². The van der Waals surface area contributed by atoms with E-state index in [2.05, 4.69) is 13.5 Å². The molecule has 0 fully saturated rings. The summed E-state index contributed by atoms with van der Waals surface area (Å²) in [7, 11) is 0. The van der Waals surface area contributed by atoms with E-state index in [-0.39, 0.29) is 41.6 Å². The van der Waals surface area contributed by atoms with Crippen LogP contribution in [0.4, 0.5) is 0 Å². The van der Waals surface area contributed by atoms with E-state index < -0.39 is 11.9 Å². The molecule has 0 N–H and O–H groups in total. The first-order chi connectivity index (χ1) is 10.1. The van der Waals surface area contributed by atoms with Gasteiger partial charge in [0.05, 0.1) is 19.0 Å². The molecular weight excluding hydrogens is 291 g/mol. The number of aliphatic carboxylic acids is 1. The monoisotopic (exact) mass is 320 g/mol. The standard InChI is InChI=1S/C17H30O4.Na/c1-3-4-5-6-7-8-9-10-11-12-13-21-16(18)14-15(2)17(19)20;/h2-14H2,1H3,(H,19,20);/q;+1/p-1. The van der Waals surface area contributed by atoms with Crippen LogP contribution in [0.25, 0.3) is 0 Å². The fourth-order valence-electron chi connectivity index (χ4n) is 2.07. The largest absolute Gasteiger partial charge is 1.00 e. The smallest absolute Gasteiger partial charge is 0.545 e. The number of hydrogen-bond donors (Lipinski definition) is 0. The van der Waals surface area contributed by atoms with Crippen LogP contribution in [0.3, 0.4) is 0 Å². The minimum Gasteiger partial charge on any atom is -0.545 e. The summed E-state index contributed by atoms with van der Waals surface area (Å²) in [5, 5.41) is 10.4. The molecule has 0 aliphatic heterocycles. The summed E-state index contributed by atoms with van der Waals surface area (Å²) in [6.45, 7) is 5.82. The second-order valence-electron chi connectivity index (χ2n) is 5.47. The molecule has 0 rings (SSSR count). The van der Waals surface area contributed by atoms with E-state index in [9.17, 15) is 14.7 Å². The molecule has 122 valence electrons.